The van der Waals surface area contributed by atoms with E-state index in [-0.39, 0.29) is 108 Å². The second kappa shape index (κ2) is 49.1. The molecule has 0 bridgehead atoms. The molecule has 9 aliphatic rings. The minimum absolute atomic E-state index is 0.0970. The van der Waals surface area contributed by atoms with Crippen LogP contribution < -0.4 is 0 Å². The summed E-state index contributed by atoms with van der Waals surface area (Å²) in [5.74, 6) is -4.49. The summed E-state index contributed by atoms with van der Waals surface area (Å²) >= 11 is 0. The molecule has 0 aliphatic heterocycles. The number of rotatable bonds is 20. The molecule has 0 saturated heterocycles. The molecule has 18 radical (unpaired) electrons. The number of alkyl halides is 4. The van der Waals surface area contributed by atoms with Gasteiger partial charge >= 0.3 is 0 Å². The fraction of sp³-hybridized carbons (Fsp3) is 0.651. The molecule has 33 heteroatoms. The number of aliphatic hydroxyl groups is 18. The summed E-state index contributed by atoms with van der Waals surface area (Å²) in [6.45, 7) is 27.9. The van der Waals surface area contributed by atoms with Crippen molar-refractivity contribution in [2.45, 2.75) is 203 Å². The summed E-state index contributed by atoms with van der Waals surface area (Å²) in [4.78, 5) is 0. The van der Waals surface area contributed by atoms with Crippen molar-refractivity contribution in [3.8, 4) is 0 Å². The van der Waals surface area contributed by atoms with Crippen molar-refractivity contribution in [1.82, 2.24) is 0 Å². The molecule has 31 atom stereocenters. The Morgan fingerprint density at radius 2 is 0.741 bits per heavy atom. The van der Waals surface area contributed by atoms with E-state index in [0.29, 0.717) is 32.1 Å². The van der Waals surface area contributed by atoms with Gasteiger partial charge in [-0.25, -0.2) is 13.2 Å². The zero-order valence-electron chi connectivity index (χ0n) is 66.4. The first-order valence-electron chi connectivity index (χ1n) is 37.5. The third-order valence-electron chi connectivity index (χ3n) is 23.4. The second-order valence-corrected chi connectivity index (χ2v) is 31.8. The molecule has 7 unspecified atom stereocenters. The van der Waals surface area contributed by atoms with E-state index in [0.717, 1.165) is 19.3 Å². The summed E-state index contributed by atoms with van der Waals surface area (Å²) < 4.78 is 70.2. The van der Waals surface area contributed by atoms with E-state index < -0.39 is 170 Å². The standard InChI is InChI=1S/C10H14BFO2.C10H15BO3.3C9H12BFO2.C9H10BFO.2C9H13BO3.C9H13BO/c1-2-3-10(6-13)4-8(11)7(5-12)9(10)14;1-3-4-10(6-12)5-7(11)8(14-2)9(10)13;1-2-3-8(6-12)4-7(13)9(10,11)5-8;2*1-2-3-9(5-12)4-6(10)7(11)8(9)13;1-2-3-9(6-12)4-7(10)8(11)5-9;2*1-2-3-9(5-11)4-6(10)7(12)8(9)13;1-2-4-9(7-11)5-3-8(10)6-9/h3,7-9,13-14H,1,4-6H2;4,7-9,12-13H,1,5-6H2,2H3;3,7,12-13H,1,4-6H2;2*3,6-8,12-13H,1,4-5H2;3,5,7,12H,1,4,6H2;2*3,6-8,11-13H,1,4-5H2;4,8,11H,1,3,5-7H2/t7?,8-,9-,10-;7-,8?,9-,10-;7?,8-,9+;2*6-,7?,8-,9-;7-,9+;2*6-,7?,8-,9-;8-,9+/m111111110/s1. The zero-order chi connectivity index (χ0) is 89.4. The number of allylic oxidation sites excluding steroid dienone is 1. The molecule has 8 saturated carbocycles. The third-order valence-corrected chi connectivity index (χ3v) is 23.4. The Balaban J connectivity index is 0.000000653. The highest BCUT2D eigenvalue weighted by atomic mass is 19.2. The van der Waals surface area contributed by atoms with Gasteiger partial charge in [-0.05, 0) is 166 Å². The second-order valence-electron chi connectivity index (χ2n) is 31.8. The monoisotopic (exact) mass is 1610 g/mol. The molecule has 0 aromatic rings. The minimum Gasteiger partial charge on any atom is -0.395 e. The number of hydrogen-bond donors (Lipinski definition) is 18. The quantitative estimate of drug-likeness (QED) is 0.0472. The summed E-state index contributed by atoms with van der Waals surface area (Å²) in [6, 6.07) is 0. The molecule has 19 nitrogen and oxygen atoms in total. The molecule has 9 rings (SSSR count). The van der Waals surface area contributed by atoms with Crippen LogP contribution in [0, 0.1) is 54.7 Å². The van der Waals surface area contributed by atoms with Gasteiger partial charge in [-0.15, -0.1) is 51.6 Å². The first kappa shape index (κ1) is 109. The molecular formula is C83H114B9F5O19. The molecule has 9 aliphatic carbocycles. The Labute approximate surface area is 693 Å². The van der Waals surface area contributed by atoms with E-state index in [1.165, 1.54) is 49.6 Å². The van der Waals surface area contributed by atoms with E-state index in [9.17, 15) is 78.1 Å². The highest BCUT2D eigenvalue weighted by Gasteiger charge is 2.55. The van der Waals surface area contributed by atoms with Gasteiger partial charge in [0, 0.05) is 61.8 Å². The van der Waals surface area contributed by atoms with Crippen LogP contribution in [0.25, 0.3) is 0 Å². The normalized spacial score (nSPS) is 42.0. The third kappa shape index (κ3) is 26.7. The molecule has 0 aromatic carbocycles. The van der Waals surface area contributed by atoms with Gasteiger partial charge in [0.2, 0.25) is 0 Å². The van der Waals surface area contributed by atoms with Gasteiger partial charge < -0.3 is 96.7 Å². The molecular weight excluding hydrogens is 1490 g/mol. The maximum absolute atomic E-state index is 13.4. The van der Waals surface area contributed by atoms with Gasteiger partial charge in [-0.2, -0.15) is 0 Å². The smallest absolute Gasteiger partial charge is 0.125 e. The lowest BCUT2D eigenvalue weighted by Crippen LogP contribution is -2.38. The van der Waals surface area contributed by atoms with Crippen LogP contribution in [0.1, 0.15) is 77.0 Å². The lowest BCUT2D eigenvalue weighted by atomic mass is 9.77. The Hall–Kier alpha value is -5.11. The van der Waals surface area contributed by atoms with Gasteiger partial charge in [0.1, 0.15) is 20.2 Å². The molecule has 8 fully saturated rings. The lowest BCUT2D eigenvalue weighted by molar-refractivity contribution is -0.0406. The van der Waals surface area contributed by atoms with Gasteiger partial charge in [-0.3, -0.25) is 8.78 Å². The van der Waals surface area contributed by atoms with Crippen LogP contribution >= 0.6 is 0 Å². The highest BCUT2D eigenvalue weighted by molar-refractivity contribution is 6.15. The molecule has 0 spiro atoms. The zero-order valence-corrected chi connectivity index (χ0v) is 66.4. The van der Waals surface area contributed by atoms with Crippen molar-refractivity contribution in [2.24, 2.45) is 54.7 Å². The average molecular weight is 1610 g/mol. The van der Waals surface area contributed by atoms with E-state index >= 15 is 0 Å². The van der Waals surface area contributed by atoms with Crippen molar-refractivity contribution in [3.05, 3.63) is 177 Å². The summed E-state index contributed by atoms with van der Waals surface area (Å²) in [5, 5.41) is 168. The van der Waals surface area contributed by atoms with Crippen molar-refractivity contribution in [3.63, 3.8) is 0 Å². The molecule has 0 heterocycles. The first-order valence-corrected chi connectivity index (χ1v) is 37.5. The van der Waals surface area contributed by atoms with Gasteiger partial charge in [0.25, 0.3) is 0 Å². The van der Waals surface area contributed by atoms with Crippen molar-refractivity contribution in [2.75, 3.05) is 73.2 Å². The number of hydrogen-bond acceptors (Lipinski definition) is 19. The number of aliphatic hydroxyl groups excluding tert-OH is 18. The molecule has 116 heavy (non-hydrogen) atoms. The molecule has 0 aromatic heterocycles. The van der Waals surface area contributed by atoms with E-state index in [1.807, 2.05) is 6.08 Å². The van der Waals surface area contributed by atoms with Gasteiger partial charge in [0.15, 0.2) is 0 Å². The number of halogens is 5. The molecule has 622 valence electrons. The Morgan fingerprint density at radius 1 is 0.414 bits per heavy atom. The van der Waals surface area contributed by atoms with Crippen molar-refractivity contribution in [1.29, 1.82) is 0 Å². The van der Waals surface area contributed by atoms with Crippen LogP contribution in [-0.4, -0.2) is 315 Å². The summed E-state index contributed by atoms with van der Waals surface area (Å²) in [7, 11) is 51.4. The van der Waals surface area contributed by atoms with Crippen LogP contribution in [0.4, 0.5) is 22.0 Å². The van der Waals surface area contributed by atoms with Crippen LogP contribution in [0.15, 0.2) is 177 Å². The Kier molecular flexibility index (Phi) is 46.1. The maximum atomic E-state index is 13.4. The fourth-order valence-electron chi connectivity index (χ4n) is 16.3. The Bertz CT molecular complexity index is 3330. The van der Waals surface area contributed by atoms with Gasteiger partial charge in [-0.1, -0.05) is 77.3 Å². The lowest BCUT2D eigenvalue weighted by Gasteiger charge is -2.27. The molecule has 0 amide bonds. The predicted molar refractivity (Wildman–Crippen MR) is 443 cm³/mol. The average Bonchev–Trinajstić information content (AvgIpc) is 1.63. The highest BCUT2D eigenvalue weighted by Crippen LogP contribution is 2.53. The van der Waals surface area contributed by atoms with Crippen molar-refractivity contribution >= 4 is 70.6 Å². The first-order chi connectivity index (χ1) is 54.3. The number of ether oxygens (including phenoxy) is 1. The van der Waals surface area contributed by atoms with Crippen LogP contribution in [0.2, 0.25) is 46.5 Å². The van der Waals surface area contributed by atoms with Crippen LogP contribution in [0.3, 0.4) is 0 Å². The summed E-state index contributed by atoms with van der Waals surface area (Å²) in [5.41, 5.74) is 13.8. The molecule has 18 N–H and O–H groups in total. The summed E-state index contributed by atoms with van der Waals surface area (Å²) in [6.07, 6.45) is 7.26. The van der Waals surface area contributed by atoms with E-state index in [1.54, 1.807) is 12.2 Å². The fourth-order valence-corrected chi connectivity index (χ4v) is 16.3. The van der Waals surface area contributed by atoms with Crippen molar-refractivity contribution < 1.29 is 119 Å². The topological polar surface area (TPSA) is 373 Å². The minimum atomic E-state index is -2.11. The van der Waals surface area contributed by atoms with Crippen LogP contribution in [0.5, 0.6) is 0 Å². The SMILES string of the molecule is [B][C@@H]1C[C@](C=C=C)(CO)C=C1F.[B][C@@H]1C[C@](C=C=C)(CO)[C@H](O)C1CF.[B][C@@H]1C[C@](C=C=C)(CO)[C@H](O)C1F.[B][C@@H]1C[C@](C=C=C)(CO)[C@H](O)C1F.[B][C@@H]1C[C@](C=C=C)(CO)[C@H](O)C1O.[B][C@@H]1C[C@](C=C=C)(CO)[C@H](O)C1O.[B][C@@H]1C[C@](C=C=C)(CO)[C@H](O)C1OC.[B][C@H]1CC[C@@](C=C=C)(CO)C1.[B][C@]1(F)C[C@](C=C=C)(CO)CC1O. The van der Waals surface area contributed by atoms with E-state index in [2.05, 4.69) is 111 Å². The largest absolute Gasteiger partial charge is 0.395 e. The maximum Gasteiger partial charge on any atom is 0.125 e. The number of methoxy groups -OCH3 is 1. The predicted octanol–water partition coefficient (Wildman–Crippen LogP) is 3.43. The Morgan fingerprint density at radius 3 is 0.974 bits per heavy atom. The van der Waals surface area contributed by atoms with Crippen LogP contribution in [-0.2, 0) is 4.74 Å². The van der Waals surface area contributed by atoms with Gasteiger partial charge in [0.05, 0.1) is 201 Å². The van der Waals surface area contributed by atoms with E-state index in [4.69, 9.17) is 111 Å².